The van der Waals surface area contributed by atoms with Gasteiger partial charge in [0.25, 0.3) is 0 Å². The molecule has 12 heavy (non-hydrogen) atoms. The smallest absolute Gasteiger partial charge is 0.105 e. The zero-order valence-electron chi connectivity index (χ0n) is 6.83. The molecule has 0 aliphatic carbocycles. The lowest BCUT2D eigenvalue weighted by molar-refractivity contribution is 0.0484. The monoisotopic (exact) mass is 230 g/mol. The summed E-state index contributed by atoms with van der Waals surface area (Å²) in [5, 5.41) is 8.91. The first-order valence-corrected chi connectivity index (χ1v) is 4.46. The summed E-state index contributed by atoms with van der Waals surface area (Å²) in [6.07, 6.45) is -0.210. The van der Waals surface area contributed by atoms with Crippen molar-refractivity contribution in [1.29, 1.82) is 0 Å². The van der Waals surface area contributed by atoms with Gasteiger partial charge in [-0.3, -0.25) is 0 Å². The fourth-order valence-electron chi connectivity index (χ4n) is 0.993. The molecule has 0 aliphatic heterocycles. The highest BCUT2D eigenvalue weighted by Crippen LogP contribution is 2.18. The maximum Gasteiger partial charge on any atom is 0.105 e. The number of methoxy groups -OCH3 is 1. The molecule has 0 radical (unpaired) electrons. The van der Waals surface area contributed by atoms with Gasteiger partial charge in [0.05, 0.1) is 6.61 Å². The Hall–Kier alpha value is -0.380. The summed E-state index contributed by atoms with van der Waals surface area (Å²) < 4.78 is 6.09. The van der Waals surface area contributed by atoms with Crippen molar-refractivity contribution in [3.05, 3.63) is 34.3 Å². The van der Waals surface area contributed by atoms with E-state index in [2.05, 4.69) is 15.9 Å². The van der Waals surface area contributed by atoms with Crippen LogP contribution in [0, 0.1) is 0 Å². The molecule has 0 aromatic heterocycles. The van der Waals surface area contributed by atoms with Gasteiger partial charge in [-0.2, -0.15) is 0 Å². The summed E-state index contributed by atoms with van der Waals surface area (Å²) in [6, 6.07) is 7.71. The van der Waals surface area contributed by atoms with E-state index in [4.69, 9.17) is 9.84 Å². The van der Waals surface area contributed by atoms with Crippen molar-refractivity contribution in [2.24, 2.45) is 0 Å². The highest BCUT2D eigenvalue weighted by molar-refractivity contribution is 9.10. The zero-order chi connectivity index (χ0) is 8.97. The minimum absolute atomic E-state index is 0.0120. The molecule has 2 nitrogen and oxygen atoms in total. The van der Waals surface area contributed by atoms with Crippen LogP contribution in [-0.2, 0) is 4.74 Å². The summed E-state index contributed by atoms with van der Waals surface area (Å²) in [4.78, 5) is 0. The molecule has 0 aliphatic rings. The fraction of sp³-hybridized carbons (Fsp3) is 0.333. The van der Waals surface area contributed by atoms with Gasteiger partial charge in [0.1, 0.15) is 6.10 Å². The van der Waals surface area contributed by atoms with Crippen LogP contribution in [0.3, 0.4) is 0 Å². The molecular formula is C9H11BrO2. The fourth-order valence-corrected chi connectivity index (χ4v) is 1.26. The molecule has 3 heteroatoms. The van der Waals surface area contributed by atoms with E-state index in [1.54, 1.807) is 7.11 Å². The van der Waals surface area contributed by atoms with E-state index in [1.165, 1.54) is 0 Å². The molecule has 0 unspecified atom stereocenters. The molecule has 0 bridgehead atoms. The van der Waals surface area contributed by atoms with Gasteiger partial charge < -0.3 is 9.84 Å². The van der Waals surface area contributed by atoms with Gasteiger partial charge in [-0.15, -0.1) is 0 Å². The number of hydrogen-bond acceptors (Lipinski definition) is 2. The Kier molecular flexibility index (Phi) is 3.72. The van der Waals surface area contributed by atoms with Crippen LogP contribution in [0.5, 0.6) is 0 Å². The lowest BCUT2D eigenvalue weighted by Crippen LogP contribution is -2.05. The second-order valence-corrected chi connectivity index (χ2v) is 3.37. The van der Waals surface area contributed by atoms with Crippen LogP contribution in [-0.4, -0.2) is 18.8 Å². The Morgan fingerprint density at radius 1 is 1.42 bits per heavy atom. The van der Waals surface area contributed by atoms with Crippen molar-refractivity contribution >= 4 is 15.9 Å². The molecule has 1 N–H and O–H groups in total. The number of aliphatic hydroxyl groups is 1. The van der Waals surface area contributed by atoms with Crippen LogP contribution in [0.4, 0.5) is 0 Å². The van der Waals surface area contributed by atoms with Crippen LogP contribution in [0.2, 0.25) is 0 Å². The largest absolute Gasteiger partial charge is 0.393 e. The third kappa shape index (κ3) is 2.30. The average molecular weight is 231 g/mol. The van der Waals surface area contributed by atoms with Crippen molar-refractivity contribution in [1.82, 2.24) is 0 Å². The summed E-state index contributed by atoms with van der Waals surface area (Å²) in [7, 11) is 1.59. The summed E-state index contributed by atoms with van der Waals surface area (Å²) in [5.41, 5.74) is 0.989. The second-order valence-electron chi connectivity index (χ2n) is 2.46. The van der Waals surface area contributed by atoms with Gasteiger partial charge in [-0.1, -0.05) is 28.1 Å². The SMILES string of the molecule is CO[C@@H](CO)c1ccc(Br)cc1. The van der Waals surface area contributed by atoms with Crippen LogP contribution < -0.4 is 0 Å². The Balaban J connectivity index is 2.80. The second kappa shape index (κ2) is 4.60. The molecule has 1 aromatic carbocycles. The average Bonchev–Trinajstić information content (AvgIpc) is 2.10. The molecule has 0 heterocycles. The lowest BCUT2D eigenvalue weighted by Gasteiger charge is -2.11. The van der Waals surface area contributed by atoms with Crippen LogP contribution in [0.25, 0.3) is 0 Å². The standard InChI is InChI=1S/C9H11BrO2/c1-12-9(6-11)7-2-4-8(10)5-3-7/h2-5,9,11H,6H2,1H3/t9-/m0/s1. The van der Waals surface area contributed by atoms with E-state index in [0.29, 0.717) is 0 Å². The maximum absolute atomic E-state index is 8.91. The zero-order valence-corrected chi connectivity index (χ0v) is 8.41. The first-order valence-electron chi connectivity index (χ1n) is 3.67. The predicted octanol–water partition coefficient (Wildman–Crippen LogP) is 2.13. The highest BCUT2D eigenvalue weighted by Gasteiger charge is 2.07. The van der Waals surface area contributed by atoms with Gasteiger partial charge in [0, 0.05) is 11.6 Å². The Labute approximate surface area is 80.3 Å². The number of ether oxygens (including phenoxy) is 1. The molecule has 0 amide bonds. The third-order valence-electron chi connectivity index (χ3n) is 1.69. The number of rotatable bonds is 3. The molecule has 0 saturated heterocycles. The van der Waals surface area contributed by atoms with E-state index in [-0.39, 0.29) is 12.7 Å². The van der Waals surface area contributed by atoms with Gasteiger partial charge in [-0.25, -0.2) is 0 Å². The number of hydrogen-bond donors (Lipinski definition) is 1. The van der Waals surface area contributed by atoms with Crippen LogP contribution >= 0.6 is 15.9 Å². The Morgan fingerprint density at radius 2 is 2.00 bits per heavy atom. The molecular weight excluding hydrogens is 220 g/mol. The quantitative estimate of drug-likeness (QED) is 0.863. The highest BCUT2D eigenvalue weighted by atomic mass is 79.9. The van der Waals surface area contributed by atoms with Crippen LogP contribution in [0.1, 0.15) is 11.7 Å². The molecule has 66 valence electrons. The lowest BCUT2D eigenvalue weighted by atomic mass is 10.1. The molecule has 1 rings (SSSR count). The van der Waals surface area contributed by atoms with Gasteiger partial charge in [0.2, 0.25) is 0 Å². The van der Waals surface area contributed by atoms with Crippen LogP contribution in [0.15, 0.2) is 28.7 Å². The Morgan fingerprint density at radius 3 is 2.42 bits per heavy atom. The minimum Gasteiger partial charge on any atom is -0.393 e. The number of halogens is 1. The van der Waals surface area contributed by atoms with Crippen molar-refractivity contribution in [3.63, 3.8) is 0 Å². The summed E-state index contributed by atoms with van der Waals surface area (Å²) >= 11 is 3.34. The van der Waals surface area contributed by atoms with Crippen molar-refractivity contribution in [2.75, 3.05) is 13.7 Å². The van der Waals surface area contributed by atoms with E-state index in [9.17, 15) is 0 Å². The first-order chi connectivity index (χ1) is 5.77. The van der Waals surface area contributed by atoms with E-state index in [1.807, 2.05) is 24.3 Å². The molecule has 0 spiro atoms. The minimum atomic E-state index is -0.210. The Bertz CT molecular complexity index is 229. The third-order valence-corrected chi connectivity index (χ3v) is 2.22. The van der Waals surface area contributed by atoms with Crippen molar-refractivity contribution in [3.8, 4) is 0 Å². The summed E-state index contributed by atoms with van der Waals surface area (Å²) in [6.45, 7) is 0.0120. The normalized spacial score (nSPS) is 12.9. The van der Waals surface area contributed by atoms with Gasteiger partial charge in [0.15, 0.2) is 0 Å². The maximum atomic E-state index is 8.91. The molecule has 0 saturated carbocycles. The summed E-state index contributed by atoms with van der Waals surface area (Å²) in [5.74, 6) is 0. The molecule has 0 fully saturated rings. The van der Waals surface area contributed by atoms with Gasteiger partial charge >= 0.3 is 0 Å². The van der Waals surface area contributed by atoms with Crippen molar-refractivity contribution in [2.45, 2.75) is 6.10 Å². The predicted molar refractivity (Wildman–Crippen MR) is 51.0 cm³/mol. The molecule has 1 aromatic rings. The van der Waals surface area contributed by atoms with E-state index in [0.717, 1.165) is 10.0 Å². The van der Waals surface area contributed by atoms with E-state index >= 15 is 0 Å². The number of aliphatic hydroxyl groups excluding tert-OH is 1. The van der Waals surface area contributed by atoms with Gasteiger partial charge in [-0.05, 0) is 17.7 Å². The molecule has 1 atom stereocenters. The number of benzene rings is 1. The van der Waals surface area contributed by atoms with Crippen molar-refractivity contribution < 1.29 is 9.84 Å². The topological polar surface area (TPSA) is 29.5 Å². The van der Waals surface area contributed by atoms with E-state index < -0.39 is 0 Å². The first kappa shape index (κ1) is 9.71.